The third kappa shape index (κ3) is 7.25. The van der Waals surface area contributed by atoms with Gasteiger partial charge in [0.1, 0.15) is 5.82 Å². The molecule has 1 aliphatic heterocycles. The van der Waals surface area contributed by atoms with E-state index in [4.69, 9.17) is 21.4 Å². The Morgan fingerprint density at radius 1 is 1.32 bits per heavy atom. The van der Waals surface area contributed by atoms with Crippen molar-refractivity contribution < 1.29 is 24.1 Å². The second kappa shape index (κ2) is 12.6. The summed E-state index contributed by atoms with van der Waals surface area (Å²) in [6.45, 7) is 5.50. The lowest BCUT2D eigenvalue weighted by Gasteiger charge is -2.28. The van der Waals surface area contributed by atoms with Crippen molar-refractivity contribution >= 4 is 17.6 Å². The molecule has 34 heavy (non-hydrogen) atoms. The molecule has 5 nitrogen and oxygen atoms in total. The van der Waals surface area contributed by atoms with Crippen LogP contribution in [-0.4, -0.2) is 52.9 Å². The molecule has 0 aliphatic carbocycles. The Morgan fingerprint density at radius 3 is 2.82 bits per heavy atom. The monoisotopic (exact) mass is 491 g/mol. The zero-order valence-electron chi connectivity index (χ0n) is 20.0. The summed E-state index contributed by atoms with van der Waals surface area (Å²) in [7, 11) is 0. The predicted octanol–water partition coefficient (Wildman–Crippen LogP) is 5.34. The number of carboxylic acid groups (broad SMARTS) is 1. The molecule has 3 atom stereocenters. The first-order chi connectivity index (χ1) is 16.3. The minimum absolute atomic E-state index is 0.109. The number of benzene rings is 2. The second-order valence-corrected chi connectivity index (χ2v) is 9.57. The van der Waals surface area contributed by atoms with Crippen LogP contribution in [0.25, 0.3) is 0 Å². The number of aryl methyl sites for hydroxylation is 1. The van der Waals surface area contributed by atoms with E-state index in [1.54, 1.807) is 12.1 Å². The number of carboxylic acids is 1. The number of carbonyl (C=O) groups is 1. The molecule has 0 radical (unpaired) electrons. The quantitative estimate of drug-likeness (QED) is 0.419. The Hall–Kier alpha value is -1.99. The van der Waals surface area contributed by atoms with Gasteiger partial charge in [0.25, 0.3) is 0 Å². The Labute approximate surface area is 206 Å². The summed E-state index contributed by atoms with van der Waals surface area (Å²) < 4.78 is 20.4. The maximum absolute atomic E-state index is 14.4. The lowest BCUT2D eigenvalue weighted by atomic mass is 9.96. The van der Waals surface area contributed by atoms with E-state index in [1.807, 2.05) is 26.0 Å². The van der Waals surface area contributed by atoms with Crippen LogP contribution in [0.2, 0.25) is 5.02 Å². The normalized spacial score (nSPS) is 18.2. The summed E-state index contributed by atoms with van der Waals surface area (Å²) in [5.74, 6) is -1.39. The van der Waals surface area contributed by atoms with E-state index in [0.29, 0.717) is 30.1 Å². The molecule has 1 aliphatic rings. The van der Waals surface area contributed by atoms with E-state index in [1.165, 1.54) is 11.6 Å². The fraction of sp³-hybridized carbons (Fsp3) is 0.519. The molecular weight excluding hydrogens is 457 g/mol. The van der Waals surface area contributed by atoms with Gasteiger partial charge >= 0.3 is 5.97 Å². The maximum atomic E-state index is 14.4. The lowest BCUT2D eigenvalue weighted by molar-refractivity contribution is -0.136. The number of nitrogens with zero attached hydrogens (tertiary/aromatic N) is 1. The van der Waals surface area contributed by atoms with Crippen LogP contribution in [0.5, 0.6) is 0 Å². The van der Waals surface area contributed by atoms with Crippen LogP contribution in [0.15, 0.2) is 36.4 Å². The van der Waals surface area contributed by atoms with Crippen LogP contribution in [-0.2, 0) is 22.4 Å². The molecule has 0 spiro atoms. The average molecular weight is 492 g/mol. The van der Waals surface area contributed by atoms with Crippen LogP contribution in [0.1, 0.15) is 61.0 Å². The number of likely N-dealkylation sites (tertiary alicyclic amines) is 1. The van der Waals surface area contributed by atoms with Crippen molar-refractivity contribution in [2.45, 2.75) is 70.6 Å². The number of β-amino-alcohol motifs (C(OH)–C–C–N with tert-alkyl or cyclic N) is 1. The van der Waals surface area contributed by atoms with Gasteiger partial charge in [-0.15, -0.1) is 0 Å². The minimum Gasteiger partial charge on any atom is -0.481 e. The molecule has 1 unspecified atom stereocenters. The third-order valence-corrected chi connectivity index (χ3v) is 7.01. The highest BCUT2D eigenvalue weighted by atomic mass is 35.5. The van der Waals surface area contributed by atoms with E-state index in [0.717, 1.165) is 36.4 Å². The molecule has 186 valence electrons. The van der Waals surface area contributed by atoms with Gasteiger partial charge in [0, 0.05) is 24.0 Å². The molecule has 0 saturated carbocycles. The van der Waals surface area contributed by atoms with Gasteiger partial charge in [-0.2, -0.15) is 0 Å². The zero-order chi connectivity index (χ0) is 24.7. The van der Waals surface area contributed by atoms with Crippen LogP contribution in [0, 0.1) is 12.7 Å². The summed E-state index contributed by atoms with van der Waals surface area (Å²) in [6.07, 6.45) is 2.54. The molecule has 1 fully saturated rings. The van der Waals surface area contributed by atoms with Crippen LogP contribution in [0.3, 0.4) is 0 Å². The van der Waals surface area contributed by atoms with Gasteiger partial charge < -0.3 is 14.9 Å². The first-order valence-corrected chi connectivity index (χ1v) is 12.4. The molecule has 2 aromatic rings. The number of halogens is 2. The highest BCUT2D eigenvalue weighted by molar-refractivity contribution is 6.31. The number of hydrogen-bond donors (Lipinski definition) is 2. The maximum Gasteiger partial charge on any atom is 0.303 e. The van der Waals surface area contributed by atoms with E-state index < -0.39 is 24.0 Å². The SMILES string of the molecule is CC[C@@H](OCC(O)CN1CCC[C@H]1Cc1ccc(C)c(Cl)c1)c1cccc(F)c1CCC(=O)O. The van der Waals surface area contributed by atoms with Gasteiger partial charge in [-0.25, -0.2) is 4.39 Å². The smallest absolute Gasteiger partial charge is 0.303 e. The highest BCUT2D eigenvalue weighted by Gasteiger charge is 2.27. The largest absolute Gasteiger partial charge is 0.481 e. The molecular formula is C27H35ClFNO4. The van der Waals surface area contributed by atoms with E-state index in [2.05, 4.69) is 11.0 Å². The molecule has 1 saturated heterocycles. The third-order valence-electron chi connectivity index (χ3n) is 6.60. The van der Waals surface area contributed by atoms with Crippen molar-refractivity contribution in [2.24, 2.45) is 0 Å². The number of aliphatic hydroxyl groups excluding tert-OH is 1. The average Bonchev–Trinajstić information content (AvgIpc) is 3.22. The van der Waals surface area contributed by atoms with Gasteiger partial charge in [0.2, 0.25) is 0 Å². The number of hydrogen-bond acceptors (Lipinski definition) is 4. The molecule has 2 aromatic carbocycles. The highest BCUT2D eigenvalue weighted by Crippen LogP contribution is 2.28. The van der Waals surface area contributed by atoms with E-state index in [9.17, 15) is 14.3 Å². The molecule has 0 aromatic heterocycles. The Bertz CT molecular complexity index is 970. The summed E-state index contributed by atoms with van der Waals surface area (Å²) in [5, 5.41) is 20.5. The van der Waals surface area contributed by atoms with E-state index in [-0.39, 0.29) is 19.4 Å². The fourth-order valence-corrected chi connectivity index (χ4v) is 4.96. The zero-order valence-corrected chi connectivity index (χ0v) is 20.7. The first-order valence-electron chi connectivity index (χ1n) is 12.1. The number of aliphatic hydroxyl groups is 1. The van der Waals surface area contributed by atoms with Crippen molar-refractivity contribution in [1.82, 2.24) is 4.90 Å². The van der Waals surface area contributed by atoms with Crippen LogP contribution >= 0.6 is 11.6 Å². The van der Waals surface area contributed by atoms with Crippen LogP contribution < -0.4 is 0 Å². The van der Waals surface area contributed by atoms with Crippen molar-refractivity contribution in [2.75, 3.05) is 19.7 Å². The minimum atomic E-state index is -0.966. The topological polar surface area (TPSA) is 70.0 Å². The standard InChI is InChI=1S/C27H35ClFNO4/c1-3-26(23-7-4-8-25(29)22(23)11-12-27(32)33)34-17-21(31)16-30-13-5-6-20(30)14-19-10-9-18(2)24(28)15-19/h4,7-10,15,20-21,26,31H,3,5-6,11-14,16-17H2,1-2H3,(H,32,33)/t20-,21?,26+/m0/s1. The predicted molar refractivity (Wildman–Crippen MR) is 132 cm³/mol. The Balaban J connectivity index is 1.58. The lowest BCUT2D eigenvalue weighted by Crippen LogP contribution is -2.39. The molecule has 0 bridgehead atoms. The molecule has 3 rings (SSSR count). The molecule has 2 N–H and O–H groups in total. The summed E-state index contributed by atoms with van der Waals surface area (Å²) in [6, 6.07) is 11.3. The Morgan fingerprint density at radius 2 is 2.12 bits per heavy atom. The Kier molecular flexibility index (Phi) is 9.89. The number of ether oxygens (including phenoxy) is 1. The summed E-state index contributed by atoms with van der Waals surface area (Å²) in [5.41, 5.74) is 3.30. The van der Waals surface area contributed by atoms with Crippen LogP contribution in [0.4, 0.5) is 4.39 Å². The van der Waals surface area contributed by atoms with Gasteiger partial charge in [0.05, 0.1) is 18.8 Å². The van der Waals surface area contributed by atoms with E-state index >= 15 is 0 Å². The molecule has 0 amide bonds. The van der Waals surface area contributed by atoms with Gasteiger partial charge in [0.15, 0.2) is 0 Å². The first kappa shape index (κ1) is 26.6. The number of rotatable bonds is 12. The van der Waals surface area contributed by atoms with Gasteiger partial charge in [-0.05, 0) is 80.0 Å². The summed E-state index contributed by atoms with van der Waals surface area (Å²) in [4.78, 5) is 13.3. The van der Waals surface area contributed by atoms with Crippen molar-refractivity contribution in [3.05, 3.63) is 69.5 Å². The molecule has 1 heterocycles. The van der Waals surface area contributed by atoms with Crippen molar-refractivity contribution in [3.8, 4) is 0 Å². The molecule has 7 heteroatoms. The summed E-state index contributed by atoms with van der Waals surface area (Å²) >= 11 is 6.29. The van der Waals surface area contributed by atoms with Gasteiger partial charge in [-0.1, -0.05) is 42.8 Å². The van der Waals surface area contributed by atoms with Gasteiger partial charge in [-0.3, -0.25) is 9.69 Å². The van der Waals surface area contributed by atoms with Crippen molar-refractivity contribution in [3.63, 3.8) is 0 Å². The van der Waals surface area contributed by atoms with Crippen molar-refractivity contribution in [1.29, 1.82) is 0 Å². The fourth-order valence-electron chi connectivity index (χ4n) is 4.75. The second-order valence-electron chi connectivity index (χ2n) is 9.16. The number of aliphatic carboxylic acids is 1.